The Kier molecular flexibility index (Phi) is 5.30. The molecule has 2 aromatic carbocycles. The first-order chi connectivity index (χ1) is 11.5. The van der Waals surface area contributed by atoms with Gasteiger partial charge in [0.25, 0.3) is 5.91 Å². The minimum absolute atomic E-state index is 0.0248. The molecule has 0 spiro atoms. The molecule has 0 aliphatic heterocycles. The van der Waals surface area contributed by atoms with E-state index in [0.717, 1.165) is 22.5 Å². The van der Waals surface area contributed by atoms with E-state index in [9.17, 15) is 13.6 Å². The van der Waals surface area contributed by atoms with E-state index in [2.05, 4.69) is 33.4 Å². The molecule has 1 saturated carbocycles. The summed E-state index contributed by atoms with van der Waals surface area (Å²) in [4.78, 5) is 17.3. The second-order valence-electron chi connectivity index (χ2n) is 5.60. The molecule has 2 aromatic rings. The fourth-order valence-corrected chi connectivity index (χ4v) is 2.46. The Balaban J connectivity index is 1.80. The molecule has 0 saturated heterocycles. The van der Waals surface area contributed by atoms with Gasteiger partial charge in [0.1, 0.15) is 0 Å². The first-order valence-corrected chi connectivity index (χ1v) is 8.55. The highest BCUT2D eigenvalue weighted by Crippen LogP contribution is 2.29. The highest BCUT2D eigenvalue weighted by atomic mass is 127. The van der Waals surface area contributed by atoms with Gasteiger partial charge in [0, 0.05) is 9.26 Å². The van der Waals surface area contributed by atoms with Gasteiger partial charge in [-0.15, -0.1) is 0 Å². The third kappa shape index (κ3) is 4.21. The highest BCUT2D eigenvalue weighted by Gasteiger charge is 2.23. The van der Waals surface area contributed by atoms with Crippen LogP contribution in [0.25, 0.3) is 0 Å². The van der Waals surface area contributed by atoms with Crippen LogP contribution in [0.15, 0.2) is 36.4 Å². The first-order valence-electron chi connectivity index (χ1n) is 7.47. The van der Waals surface area contributed by atoms with E-state index in [0.29, 0.717) is 18.2 Å². The van der Waals surface area contributed by atoms with Crippen molar-refractivity contribution in [2.45, 2.75) is 12.8 Å². The lowest BCUT2D eigenvalue weighted by atomic mass is 10.1. The lowest BCUT2D eigenvalue weighted by molar-refractivity contribution is 0.0270. The normalized spacial score (nSPS) is 13.6. The standard InChI is InChI=1S/C17H15F2IN2O2/c18-14-8-7-13(17(23)22-24-9-10-1-2-10)16(15(14)19)21-12-5-3-11(20)4-6-12/h3-8,10,21H,1-2,9H2,(H,22,23). The topological polar surface area (TPSA) is 50.4 Å². The molecule has 24 heavy (non-hydrogen) atoms. The second-order valence-corrected chi connectivity index (χ2v) is 6.85. The van der Waals surface area contributed by atoms with E-state index < -0.39 is 17.5 Å². The van der Waals surface area contributed by atoms with Crippen LogP contribution in [0.2, 0.25) is 0 Å². The van der Waals surface area contributed by atoms with Crippen LogP contribution in [-0.4, -0.2) is 12.5 Å². The molecule has 0 unspecified atom stereocenters. The van der Waals surface area contributed by atoms with Crippen LogP contribution in [0.4, 0.5) is 20.2 Å². The number of hydroxylamine groups is 1. The molecule has 0 bridgehead atoms. The Bertz CT molecular complexity index is 749. The van der Waals surface area contributed by atoms with E-state index in [1.807, 2.05) is 12.1 Å². The molecule has 0 aromatic heterocycles. The summed E-state index contributed by atoms with van der Waals surface area (Å²) in [5, 5.41) is 2.77. The number of nitrogens with one attached hydrogen (secondary N) is 2. The molecule has 1 aliphatic rings. The fraction of sp³-hybridized carbons (Fsp3) is 0.235. The van der Waals surface area contributed by atoms with Gasteiger partial charge in [0.15, 0.2) is 11.6 Å². The van der Waals surface area contributed by atoms with Gasteiger partial charge in [-0.05, 0) is 77.7 Å². The zero-order valence-electron chi connectivity index (χ0n) is 12.6. The molecule has 1 aliphatic carbocycles. The molecule has 0 radical (unpaired) electrons. The molecule has 0 heterocycles. The van der Waals surface area contributed by atoms with Crippen LogP contribution < -0.4 is 10.8 Å². The van der Waals surface area contributed by atoms with Crippen molar-refractivity contribution in [3.05, 3.63) is 57.2 Å². The van der Waals surface area contributed by atoms with Gasteiger partial charge in [0.05, 0.1) is 17.9 Å². The Labute approximate surface area is 151 Å². The molecule has 7 heteroatoms. The summed E-state index contributed by atoms with van der Waals surface area (Å²) in [6.45, 7) is 0.426. The number of hydrogen-bond donors (Lipinski definition) is 2. The van der Waals surface area contributed by atoms with E-state index in [4.69, 9.17) is 4.84 Å². The number of carbonyl (C=O) groups is 1. The average molecular weight is 444 g/mol. The predicted octanol–water partition coefficient (Wildman–Crippen LogP) is 4.38. The summed E-state index contributed by atoms with van der Waals surface area (Å²) in [6.07, 6.45) is 2.17. The number of benzene rings is 2. The Hall–Kier alpha value is -1.74. The molecular weight excluding hydrogens is 429 g/mol. The van der Waals surface area contributed by atoms with Gasteiger partial charge in [-0.1, -0.05) is 0 Å². The maximum Gasteiger partial charge on any atom is 0.277 e. The number of hydrogen-bond acceptors (Lipinski definition) is 3. The van der Waals surface area contributed by atoms with Crippen LogP contribution in [0.5, 0.6) is 0 Å². The molecular formula is C17H15F2IN2O2. The highest BCUT2D eigenvalue weighted by molar-refractivity contribution is 14.1. The van der Waals surface area contributed by atoms with Gasteiger partial charge in [-0.3, -0.25) is 9.63 Å². The average Bonchev–Trinajstić information content (AvgIpc) is 3.38. The van der Waals surface area contributed by atoms with Crippen LogP contribution in [0.1, 0.15) is 23.2 Å². The summed E-state index contributed by atoms with van der Waals surface area (Å²) in [7, 11) is 0. The van der Waals surface area contributed by atoms with Crippen LogP contribution in [0.3, 0.4) is 0 Å². The molecule has 4 nitrogen and oxygen atoms in total. The first kappa shape index (κ1) is 17.1. The molecule has 0 atom stereocenters. The summed E-state index contributed by atoms with van der Waals surface area (Å²) in [6, 6.07) is 9.22. The van der Waals surface area contributed by atoms with E-state index in [1.165, 1.54) is 6.07 Å². The number of amides is 1. The smallest absolute Gasteiger partial charge is 0.277 e. The van der Waals surface area contributed by atoms with Crippen molar-refractivity contribution in [2.24, 2.45) is 5.92 Å². The van der Waals surface area contributed by atoms with Crippen molar-refractivity contribution >= 4 is 39.9 Å². The molecule has 1 fully saturated rings. The minimum Gasteiger partial charge on any atom is -0.352 e. The quantitative estimate of drug-likeness (QED) is 0.514. The molecule has 126 valence electrons. The zero-order chi connectivity index (χ0) is 17.1. The fourth-order valence-electron chi connectivity index (χ4n) is 2.10. The van der Waals surface area contributed by atoms with Crippen molar-refractivity contribution in [2.75, 3.05) is 11.9 Å². The van der Waals surface area contributed by atoms with Crippen molar-refractivity contribution < 1.29 is 18.4 Å². The molecule has 2 N–H and O–H groups in total. The molecule has 3 rings (SSSR count). The van der Waals surface area contributed by atoms with Crippen molar-refractivity contribution in [3.8, 4) is 0 Å². The van der Waals surface area contributed by atoms with Crippen molar-refractivity contribution in [1.29, 1.82) is 0 Å². The van der Waals surface area contributed by atoms with E-state index >= 15 is 0 Å². The Morgan fingerprint density at radius 3 is 2.54 bits per heavy atom. The van der Waals surface area contributed by atoms with E-state index in [-0.39, 0.29) is 11.3 Å². The van der Waals surface area contributed by atoms with Gasteiger partial charge < -0.3 is 5.32 Å². The Morgan fingerprint density at radius 2 is 1.88 bits per heavy atom. The summed E-state index contributed by atoms with van der Waals surface area (Å²) >= 11 is 2.14. The largest absolute Gasteiger partial charge is 0.352 e. The minimum atomic E-state index is -1.11. The second kappa shape index (κ2) is 7.43. The lowest BCUT2D eigenvalue weighted by Gasteiger charge is -2.14. The predicted molar refractivity (Wildman–Crippen MR) is 94.9 cm³/mol. The summed E-state index contributed by atoms with van der Waals surface area (Å²) < 4.78 is 28.8. The maximum atomic E-state index is 14.2. The van der Waals surface area contributed by atoms with Gasteiger partial charge >= 0.3 is 0 Å². The third-order valence-electron chi connectivity index (χ3n) is 3.63. The van der Waals surface area contributed by atoms with Crippen LogP contribution in [0, 0.1) is 21.1 Å². The number of anilines is 2. The summed E-state index contributed by atoms with van der Waals surface area (Å²) in [5.74, 6) is -2.29. The van der Waals surface area contributed by atoms with E-state index in [1.54, 1.807) is 12.1 Å². The summed E-state index contributed by atoms with van der Waals surface area (Å²) in [5.41, 5.74) is 2.59. The van der Waals surface area contributed by atoms with Crippen molar-refractivity contribution in [3.63, 3.8) is 0 Å². The van der Waals surface area contributed by atoms with Gasteiger partial charge in [0.2, 0.25) is 0 Å². The van der Waals surface area contributed by atoms with Gasteiger partial charge in [-0.25, -0.2) is 14.3 Å². The Morgan fingerprint density at radius 1 is 1.17 bits per heavy atom. The lowest BCUT2D eigenvalue weighted by Crippen LogP contribution is -2.26. The van der Waals surface area contributed by atoms with Crippen molar-refractivity contribution in [1.82, 2.24) is 5.48 Å². The van der Waals surface area contributed by atoms with Crippen LogP contribution in [-0.2, 0) is 4.84 Å². The third-order valence-corrected chi connectivity index (χ3v) is 4.35. The molecule has 1 amide bonds. The van der Waals surface area contributed by atoms with Gasteiger partial charge in [-0.2, -0.15) is 0 Å². The maximum absolute atomic E-state index is 14.2. The number of halogens is 3. The van der Waals surface area contributed by atoms with Crippen LogP contribution >= 0.6 is 22.6 Å². The number of rotatable bonds is 6. The monoisotopic (exact) mass is 444 g/mol. The zero-order valence-corrected chi connectivity index (χ0v) is 14.8. The number of carbonyl (C=O) groups excluding carboxylic acids is 1. The SMILES string of the molecule is O=C(NOCC1CC1)c1ccc(F)c(F)c1Nc1ccc(I)cc1.